The first-order chi connectivity index (χ1) is 12.6. The average Bonchev–Trinajstić information content (AvgIpc) is 2.54. The smallest absolute Gasteiger partial charge is 0.303 e. The molecule has 1 aliphatic heterocycles. The minimum Gasteiger partial charge on any atom is -0.463 e. The monoisotopic (exact) mass is 387 g/mol. The summed E-state index contributed by atoms with van der Waals surface area (Å²) in [5.74, 6) is -2.33. The summed E-state index contributed by atoms with van der Waals surface area (Å²) in [6, 6.07) is -0.946. The van der Waals surface area contributed by atoms with Crippen LogP contribution in [0.15, 0.2) is 12.7 Å². The van der Waals surface area contributed by atoms with Crippen LogP contribution >= 0.6 is 0 Å². The molecule has 0 aromatic carbocycles. The number of amides is 1. The summed E-state index contributed by atoms with van der Waals surface area (Å²) in [6.45, 7) is 8.17. The Morgan fingerprint density at radius 1 is 1.00 bits per heavy atom. The number of carbonyl (C=O) groups is 4. The first-order valence-electron chi connectivity index (χ1n) is 8.28. The summed E-state index contributed by atoms with van der Waals surface area (Å²) < 4.78 is 26.8. The first kappa shape index (κ1) is 22.6. The molecule has 0 aliphatic carbocycles. The number of hydrogen-bond acceptors (Lipinski definition) is 9. The summed E-state index contributed by atoms with van der Waals surface area (Å²) in [5.41, 5.74) is 0. The molecule has 0 radical (unpaired) electrons. The lowest BCUT2D eigenvalue weighted by Gasteiger charge is -2.44. The minimum absolute atomic E-state index is 0.0559. The van der Waals surface area contributed by atoms with Gasteiger partial charge in [0.15, 0.2) is 18.5 Å². The molecule has 0 aromatic rings. The molecule has 10 nitrogen and oxygen atoms in total. The molecule has 1 heterocycles. The Bertz CT molecular complexity index is 577. The van der Waals surface area contributed by atoms with Crippen LogP contribution in [0.5, 0.6) is 0 Å². The normalized spacial score (nSPS) is 27.2. The largest absolute Gasteiger partial charge is 0.463 e. The molecule has 10 heteroatoms. The van der Waals surface area contributed by atoms with Crippen molar-refractivity contribution in [1.82, 2.24) is 5.32 Å². The third-order valence-electron chi connectivity index (χ3n) is 3.46. The molecule has 0 aromatic heterocycles. The highest BCUT2D eigenvalue weighted by Gasteiger charge is 2.51. The Morgan fingerprint density at radius 3 is 2.07 bits per heavy atom. The van der Waals surface area contributed by atoms with Crippen LogP contribution in [-0.2, 0) is 42.9 Å². The molecule has 5 atom stereocenters. The molecule has 1 aliphatic rings. The number of esters is 3. The van der Waals surface area contributed by atoms with Gasteiger partial charge in [-0.2, -0.15) is 0 Å². The summed E-state index contributed by atoms with van der Waals surface area (Å²) in [5, 5.41) is 2.59. The van der Waals surface area contributed by atoms with E-state index in [1.807, 2.05) is 0 Å². The molecule has 0 bridgehead atoms. The van der Waals surface area contributed by atoms with Gasteiger partial charge in [0.1, 0.15) is 12.7 Å². The number of rotatable bonds is 8. The van der Waals surface area contributed by atoms with E-state index in [-0.39, 0.29) is 13.2 Å². The van der Waals surface area contributed by atoms with Crippen molar-refractivity contribution < 1.29 is 42.9 Å². The van der Waals surface area contributed by atoms with E-state index in [1.165, 1.54) is 33.8 Å². The second-order valence-electron chi connectivity index (χ2n) is 5.84. The molecule has 1 fully saturated rings. The molecule has 0 saturated carbocycles. The Hall–Kier alpha value is -2.46. The van der Waals surface area contributed by atoms with Gasteiger partial charge < -0.3 is 29.0 Å². The van der Waals surface area contributed by atoms with Crippen LogP contribution in [0.1, 0.15) is 27.7 Å². The van der Waals surface area contributed by atoms with Crippen LogP contribution in [0.2, 0.25) is 0 Å². The average molecular weight is 387 g/mol. The van der Waals surface area contributed by atoms with E-state index in [0.29, 0.717) is 0 Å². The maximum Gasteiger partial charge on any atom is 0.303 e. The Labute approximate surface area is 157 Å². The SMILES string of the molecule is C=CCO[C@@H]1O[C@H](COC(C)=O)[C@@H](NC(C)=O)[C@H](OC(C)=O)[C@H]1OC(C)=O. The molecule has 1 rings (SSSR count). The predicted octanol–water partition coefficient (Wildman–Crippen LogP) is -0.155. The maximum atomic E-state index is 11.6. The number of ether oxygens (including phenoxy) is 5. The first-order valence-corrected chi connectivity index (χ1v) is 8.28. The van der Waals surface area contributed by atoms with E-state index in [9.17, 15) is 19.2 Å². The van der Waals surface area contributed by atoms with Gasteiger partial charge in [-0.3, -0.25) is 19.2 Å². The van der Waals surface area contributed by atoms with Crippen molar-refractivity contribution in [1.29, 1.82) is 0 Å². The lowest BCUT2D eigenvalue weighted by atomic mass is 9.95. The van der Waals surface area contributed by atoms with Crippen molar-refractivity contribution in [3.8, 4) is 0 Å². The number of carbonyl (C=O) groups excluding carboxylic acids is 4. The van der Waals surface area contributed by atoms with Crippen LogP contribution in [-0.4, -0.2) is 67.7 Å². The molecule has 1 amide bonds. The maximum absolute atomic E-state index is 11.6. The van der Waals surface area contributed by atoms with Crippen molar-refractivity contribution in [2.75, 3.05) is 13.2 Å². The highest BCUT2D eigenvalue weighted by atomic mass is 16.7. The third kappa shape index (κ3) is 7.35. The van der Waals surface area contributed by atoms with Gasteiger partial charge in [0.05, 0.1) is 12.6 Å². The van der Waals surface area contributed by atoms with Crippen molar-refractivity contribution in [2.45, 2.75) is 58.3 Å². The molecule has 0 spiro atoms. The Balaban J connectivity index is 3.24. The summed E-state index contributed by atoms with van der Waals surface area (Å²) >= 11 is 0. The molecular weight excluding hydrogens is 362 g/mol. The zero-order valence-corrected chi connectivity index (χ0v) is 15.8. The fraction of sp³-hybridized carbons (Fsp3) is 0.647. The topological polar surface area (TPSA) is 126 Å². The van der Waals surface area contributed by atoms with E-state index < -0.39 is 54.5 Å². The van der Waals surface area contributed by atoms with E-state index in [2.05, 4.69) is 11.9 Å². The molecule has 0 unspecified atom stereocenters. The number of hydrogen-bond donors (Lipinski definition) is 1. The fourth-order valence-electron chi connectivity index (χ4n) is 2.60. The van der Waals surface area contributed by atoms with Crippen LogP contribution in [0.3, 0.4) is 0 Å². The molecule has 1 saturated heterocycles. The second-order valence-corrected chi connectivity index (χ2v) is 5.84. The van der Waals surface area contributed by atoms with Crippen molar-refractivity contribution in [2.24, 2.45) is 0 Å². The lowest BCUT2D eigenvalue weighted by Crippen LogP contribution is -2.66. The van der Waals surface area contributed by atoms with Gasteiger partial charge in [-0.05, 0) is 0 Å². The summed E-state index contributed by atoms with van der Waals surface area (Å²) in [7, 11) is 0. The fourth-order valence-corrected chi connectivity index (χ4v) is 2.60. The van der Waals surface area contributed by atoms with Gasteiger partial charge in [0, 0.05) is 27.7 Å². The predicted molar refractivity (Wildman–Crippen MR) is 90.2 cm³/mol. The Kier molecular flexibility index (Phi) is 8.89. The van der Waals surface area contributed by atoms with Crippen LogP contribution in [0.25, 0.3) is 0 Å². The number of nitrogens with one attached hydrogen (secondary N) is 1. The Morgan fingerprint density at radius 2 is 1.59 bits per heavy atom. The lowest BCUT2D eigenvalue weighted by molar-refractivity contribution is -0.284. The molecule has 27 heavy (non-hydrogen) atoms. The minimum atomic E-state index is -1.16. The van der Waals surface area contributed by atoms with Crippen LogP contribution in [0.4, 0.5) is 0 Å². The van der Waals surface area contributed by atoms with Crippen LogP contribution < -0.4 is 5.32 Å². The van der Waals surface area contributed by atoms with Gasteiger partial charge >= 0.3 is 17.9 Å². The van der Waals surface area contributed by atoms with Crippen LogP contribution in [0, 0.1) is 0 Å². The zero-order chi connectivity index (χ0) is 20.6. The van der Waals surface area contributed by atoms with Gasteiger partial charge in [-0.25, -0.2) is 0 Å². The third-order valence-corrected chi connectivity index (χ3v) is 3.46. The van der Waals surface area contributed by atoms with Gasteiger partial charge in [-0.15, -0.1) is 6.58 Å². The van der Waals surface area contributed by atoms with Gasteiger partial charge in [0.25, 0.3) is 0 Å². The van der Waals surface area contributed by atoms with E-state index >= 15 is 0 Å². The van der Waals surface area contributed by atoms with Gasteiger partial charge in [0.2, 0.25) is 5.91 Å². The quantitative estimate of drug-likeness (QED) is 0.343. The molecular formula is C17H25NO9. The summed E-state index contributed by atoms with van der Waals surface area (Å²) in [4.78, 5) is 46.0. The standard InChI is InChI=1S/C17H25NO9/c1-6-7-23-17-16(26-12(5)22)15(25-11(4)21)14(18-9(2)19)13(27-17)8-24-10(3)20/h6,13-17H,1,7-8H2,2-5H3,(H,18,19)/t13-,14-,15+,16-,17-/m1/s1. The van der Waals surface area contributed by atoms with Crippen molar-refractivity contribution in [3.05, 3.63) is 12.7 Å². The van der Waals surface area contributed by atoms with E-state index in [4.69, 9.17) is 23.7 Å². The van der Waals surface area contributed by atoms with Crippen molar-refractivity contribution >= 4 is 23.8 Å². The van der Waals surface area contributed by atoms with E-state index in [0.717, 1.165) is 0 Å². The van der Waals surface area contributed by atoms with Crippen molar-refractivity contribution in [3.63, 3.8) is 0 Å². The highest BCUT2D eigenvalue weighted by molar-refractivity contribution is 5.73. The summed E-state index contributed by atoms with van der Waals surface area (Å²) in [6.07, 6.45) is -2.88. The second kappa shape index (κ2) is 10.6. The van der Waals surface area contributed by atoms with Gasteiger partial charge in [-0.1, -0.05) is 6.08 Å². The van der Waals surface area contributed by atoms with E-state index in [1.54, 1.807) is 0 Å². The zero-order valence-electron chi connectivity index (χ0n) is 15.8. The molecule has 152 valence electrons. The molecule has 1 N–H and O–H groups in total. The highest BCUT2D eigenvalue weighted by Crippen LogP contribution is 2.28.